The number of aromatic amines is 1. The number of hydrogen-bond acceptors (Lipinski definition) is 6. The van der Waals surface area contributed by atoms with Crippen molar-refractivity contribution in [1.82, 2.24) is 20.6 Å². The monoisotopic (exact) mass is 324 g/mol. The average molecular weight is 324 g/mol. The standard InChI is InChI=1S/C12H12N4OS3/c17-10(7-19-12-14-13-11(18)20-12)15-16-5-8-3-1-2-4-9(8)6-16/h1-4H,5-7H2,(H,13,18)(H,15,17). The van der Waals surface area contributed by atoms with Gasteiger partial charge >= 0.3 is 0 Å². The minimum Gasteiger partial charge on any atom is -0.288 e. The summed E-state index contributed by atoms with van der Waals surface area (Å²) in [6.07, 6.45) is 0. The summed E-state index contributed by atoms with van der Waals surface area (Å²) in [7, 11) is 0. The lowest BCUT2D eigenvalue weighted by Gasteiger charge is -2.15. The second kappa shape index (κ2) is 6.04. The Labute approximate surface area is 129 Å². The van der Waals surface area contributed by atoms with E-state index in [1.54, 1.807) is 0 Å². The van der Waals surface area contributed by atoms with Crippen molar-refractivity contribution in [3.8, 4) is 0 Å². The maximum atomic E-state index is 11.9. The first-order valence-corrected chi connectivity index (χ1v) is 8.21. The summed E-state index contributed by atoms with van der Waals surface area (Å²) in [5.41, 5.74) is 5.46. The number of hydrogen-bond donors (Lipinski definition) is 2. The second-order valence-corrected chi connectivity index (χ2v) is 7.22. The summed E-state index contributed by atoms with van der Waals surface area (Å²) in [5.74, 6) is 0.312. The number of rotatable bonds is 4. The molecule has 0 unspecified atom stereocenters. The Morgan fingerprint density at radius 1 is 1.45 bits per heavy atom. The van der Waals surface area contributed by atoms with E-state index in [0.717, 1.165) is 17.4 Å². The first kappa shape index (κ1) is 13.7. The number of hydrazine groups is 1. The van der Waals surface area contributed by atoms with Gasteiger partial charge in [0, 0.05) is 13.1 Å². The minimum absolute atomic E-state index is 0.0241. The first-order chi connectivity index (χ1) is 9.70. The molecule has 104 valence electrons. The van der Waals surface area contributed by atoms with Crippen LogP contribution < -0.4 is 5.43 Å². The maximum absolute atomic E-state index is 11.9. The predicted molar refractivity (Wildman–Crippen MR) is 81.9 cm³/mol. The fraction of sp³-hybridized carbons (Fsp3) is 0.250. The Morgan fingerprint density at radius 3 is 2.75 bits per heavy atom. The predicted octanol–water partition coefficient (Wildman–Crippen LogP) is 2.34. The molecule has 0 fully saturated rings. The molecule has 20 heavy (non-hydrogen) atoms. The van der Waals surface area contributed by atoms with Gasteiger partial charge in [0.15, 0.2) is 8.29 Å². The van der Waals surface area contributed by atoms with Crippen LogP contribution in [0.4, 0.5) is 0 Å². The number of nitrogens with zero attached hydrogens (tertiary/aromatic N) is 2. The van der Waals surface area contributed by atoms with Crippen molar-refractivity contribution in [2.75, 3.05) is 5.75 Å². The molecule has 1 aliphatic heterocycles. The van der Waals surface area contributed by atoms with Gasteiger partial charge in [-0.05, 0) is 23.3 Å². The largest absolute Gasteiger partial charge is 0.288 e. The van der Waals surface area contributed by atoms with E-state index in [1.165, 1.54) is 34.2 Å². The molecule has 0 aliphatic carbocycles. The molecule has 1 amide bonds. The molecule has 0 atom stereocenters. The van der Waals surface area contributed by atoms with Gasteiger partial charge in [-0.15, -0.1) is 0 Å². The summed E-state index contributed by atoms with van der Waals surface area (Å²) in [5, 5.41) is 8.64. The Kier molecular flexibility index (Phi) is 4.16. The van der Waals surface area contributed by atoms with Gasteiger partial charge in [-0.3, -0.25) is 15.3 Å². The molecule has 2 heterocycles. The van der Waals surface area contributed by atoms with Crippen LogP contribution in [0.15, 0.2) is 28.6 Å². The van der Waals surface area contributed by atoms with Gasteiger partial charge in [-0.2, -0.15) is 5.10 Å². The topological polar surface area (TPSA) is 61.0 Å². The summed E-state index contributed by atoms with van der Waals surface area (Å²) in [6.45, 7) is 1.52. The third-order valence-electron chi connectivity index (χ3n) is 2.87. The highest BCUT2D eigenvalue weighted by Gasteiger charge is 2.19. The molecule has 0 bridgehead atoms. The Hall–Kier alpha value is -1.22. The third-order valence-corrected chi connectivity index (χ3v) is 5.10. The first-order valence-electron chi connectivity index (χ1n) is 6.00. The van der Waals surface area contributed by atoms with Crippen LogP contribution in [0.25, 0.3) is 0 Å². The van der Waals surface area contributed by atoms with Crippen molar-refractivity contribution in [3.05, 3.63) is 39.3 Å². The molecule has 1 aromatic carbocycles. The number of carbonyl (C=O) groups is 1. The maximum Gasteiger partial charge on any atom is 0.244 e. The quantitative estimate of drug-likeness (QED) is 0.668. The van der Waals surface area contributed by atoms with E-state index >= 15 is 0 Å². The molecule has 0 spiro atoms. The SMILES string of the molecule is O=C(CSc1n[nH]c(=S)s1)NN1Cc2ccccc2C1. The van der Waals surface area contributed by atoms with Crippen LogP contribution >= 0.6 is 35.3 Å². The van der Waals surface area contributed by atoms with Gasteiger partial charge < -0.3 is 0 Å². The molecule has 2 aromatic rings. The molecule has 8 heteroatoms. The highest BCUT2D eigenvalue weighted by atomic mass is 32.2. The van der Waals surface area contributed by atoms with Crippen LogP contribution in [0.2, 0.25) is 0 Å². The van der Waals surface area contributed by atoms with E-state index in [0.29, 0.717) is 9.71 Å². The molecule has 0 saturated carbocycles. The van der Waals surface area contributed by atoms with Crippen molar-refractivity contribution < 1.29 is 4.79 Å². The summed E-state index contributed by atoms with van der Waals surface area (Å²) < 4.78 is 1.41. The van der Waals surface area contributed by atoms with Crippen LogP contribution in [0.3, 0.4) is 0 Å². The Morgan fingerprint density at radius 2 is 2.15 bits per heavy atom. The highest BCUT2D eigenvalue weighted by molar-refractivity contribution is 8.01. The van der Waals surface area contributed by atoms with Crippen molar-refractivity contribution >= 4 is 41.2 Å². The number of H-pyrrole nitrogens is 1. The van der Waals surface area contributed by atoms with Gasteiger partial charge in [0.1, 0.15) is 0 Å². The van der Waals surface area contributed by atoms with Gasteiger partial charge in [0.25, 0.3) is 0 Å². The lowest BCUT2D eigenvalue weighted by Crippen LogP contribution is -2.39. The molecule has 3 rings (SSSR count). The molecular formula is C12H12N4OS3. The van der Waals surface area contributed by atoms with Crippen molar-refractivity contribution in [1.29, 1.82) is 0 Å². The summed E-state index contributed by atoms with van der Waals surface area (Å²) in [6, 6.07) is 8.22. The molecule has 0 radical (unpaired) electrons. The smallest absolute Gasteiger partial charge is 0.244 e. The van der Waals surface area contributed by atoms with E-state index in [-0.39, 0.29) is 5.91 Å². The number of thioether (sulfide) groups is 1. The van der Waals surface area contributed by atoms with Gasteiger partial charge in [-0.25, -0.2) is 5.01 Å². The van der Waals surface area contributed by atoms with Gasteiger partial charge in [-0.1, -0.05) is 47.4 Å². The zero-order chi connectivity index (χ0) is 13.9. The molecule has 1 aliphatic rings. The Bertz CT molecular complexity index is 656. The number of nitrogens with one attached hydrogen (secondary N) is 2. The number of fused-ring (bicyclic) bond motifs is 1. The molecule has 2 N–H and O–H groups in total. The molecule has 5 nitrogen and oxygen atoms in total. The van der Waals surface area contributed by atoms with Crippen LogP contribution in [-0.2, 0) is 17.9 Å². The van der Waals surface area contributed by atoms with Gasteiger partial charge in [0.05, 0.1) is 5.75 Å². The lowest BCUT2D eigenvalue weighted by molar-refractivity contribution is -0.123. The summed E-state index contributed by atoms with van der Waals surface area (Å²) in [4.78, 5) is 11.9. The normalized spacial score (nSPS) is 14.2. The fourth-order valence-corrected chi connectivity index (χ4v) is 3.90. The van der Waals surface area contributed by atoms with Crippen molar-refractivity contribution in [3.63, 3.8) is 0 Å². The fourth-order valence-electron chi connectivity index (χ4n) is 2.03. The number of amides is 1. The van der Waals surface area contributed by atoms with Crippen LogP contribution in [0.5, 0.6) is 0 Å². The van der Waals surface area contributed by atoms with Crippen LogP contribution in [-0.4, -0.2) is 26.9 Å². The highest BCUT2D eigenvalue weighted by Crippen LogP contribution is 2.22. The second-order valence-electron chi connectivity index (χ2n) is 4.33. The van der Waals surface area contributed by atoms with E-state index in [4.69, 9.17) is 12.2 Å². The number of carbonyl (C=O) groups excluding carboxylic acids is 1. The van der Waals surface area contributed by atoms with Gasteiger partial charge in [0.2, 0.25) is 5.91 Å². The Balaban J connectivity index is 1.50. The van der Waals surface area contributed by atoms with E-state index < -0.39 is 0 Å². The van der Waals surface area contributed by atoms with E-state index in [1.807, 2.05) is 17.1 Å². The van der Waals surface area contributed by atoms with Crippen molar-refractivity contribution in [2.24, 2.45) is 0 Å². The molecule has 0 saturated heterocycles. The zero-order valence-corrected chi connectivity index (χ0v) is 12.9. The van der Waals surface area contributed by atoms with Crippen LogP contribution in [0.1, 0.15) is 11.1 Å². The summed E-state index contributed by atoms with van der Waals surface area (Å²) >= 11 is 7.71. The molecular weight excluding hydrogens is 312 g/mol. The van der Waals surface area contributed by atoms with E-state index in [2.05, 4.69) is 27.8 Å². The average Bonchev–Trinajstić information content (AvgIpc) is 3.01. The number of aromatic nitrogens is 2. The van der Waals surface area contributed by atoms with E-state index in [9.17, 15) is 4.79 Å². The lowest BCUT2D eigenvalue weighted by atomic mass is 10.1. The third kappa shape index (κ3) is 3.26. The van der Waals surface area contributed by atoms with Crippen molar-refractivity contribution in [2.45, 2.75) is 17.4 Å². The zero-order valence-electron chi connectivity index (χ0n) is 10.5. The number of benzene rings is 1. The minimum atomic E-state index is -0.0241. The molecule has 1 aromatic heterocycles. The van der Waals surface area contributed by atoms with Crippen LogP contribution in [0, 0.1) is 3.95 Å².